The van der Waals surface area contributed by atoms with Crippen molar-refractivity contribution in [3.63, 3.8) is 0 Å². The largest absolute Gasteiger partial charge is 0.383 e. The number of rotatable bonds is 6. The molecule has 0 aromatic carbocycles. The quantitative estimate of drug-likeness (QED) is 0.841. The lowest BCUT2D eigenvalue weighted by atomic mass is 10.1. The van der Waals surface area contributed by atoms with Crippen molar-refractivity contribution in [2.45, 2.75) is 52.5 Å². The molecule has 1 saturated carbocycles. The molecule has 2 N–H and O–H groups in total. The standard InChI is InChI=1S/C14H24N4/c1-4-5-12-13(15)16-9-17-14(12)18(10(2)3)8-11-6-7-11/h9-11H,4-8H2,1-3H3,(H2,15,16,17). The molecule has 0 amide bonds. The highest BCUT2D eigenvalue weighted by atomic mass is 15.2. The van der Waals surface area contributed by atoms with Crippen molar-refractivity contribution in [1.29, 1.82) is 0 Å². The second-order valence-electron chi connectivity index (χ2n) is 5.50. The first-order valence-electron chi connectivity index (χ1n) is 6.99. The van der Waals surface area contributed by atoms with E-state index in [4.69, 9.17) is 5.73 Å². The van der Waals surface area contributed by atoms with Crippen molar-refractivity contribution in [3.05, 3.63) is 11.9 Å². The molecule has 4 heteroatoms. The lowest BCUT2D eigenvalue weighted by Crippen LogP contribution is -2.34. The van der Waals surface area contributed by atoms with Crippen LogP contribution < -0.4 is 10.6 Å². The molecule has 18 heavy (non-hydrogen) atoms. The molecular weight excluding hydrogens is 224 g/mol. The number of hydrogen-bond acceptors (Lipinski definition) is 4. The fourth-order valence-corrected chi connectivity index (χ4v) is 2.27. The molecule has 0 radical (unpaired) electrons. The van der Waals surface area contributed by atoms with Gasteiger partial charge in [0.2, 0.25) is 0 Å². The molecule has 1 aromatic rings. The minimum Gasteiger partial charge on any atom is -0.383 e. The van der Waals surface area contributed by atoms with Crippen LogP contribution in [0.5, 0.6) is 0 Å². The SMILES string of the molecule is CCCc1c(N)ncnc1N(CC1CC1)C(C)C. The molecular formula is C14H24N4. The predicted molar refractivity (Wildman–Crippen MR) is 75.6 cm³/mol. The fourth-order valence-electron chi connectivity index (χ4n) is 2.27. The first-order chi connectivity index (χ1) is 8.63. The molecule has 0 bridgehead atoms. The molecule has 1 aliphatic carbocycles. The van der Waals surface area contributed by atoms with E-state index in [1.165, 1.54) is 12.8 Å². The van der Waals surface area contributed by atoms with E-state index in [1.54, 1.807) is 6.33 Å². The summed E-state index contributed by atoms with van der Waals surface area (Å²) >= 11 is 0. The maximum atomic E-state index is 6.01. The Bertz CT molecular complexity index is 399. The van der Waals surface area contributed by atoms with Gasteiger partial charge in [-0.3, -0.25) is 0 Å². The molecule has 1 heterocycles. The summed E-state index contributed by atoms with van der Waals surface area (Å²) in [5.41, 5.74) is 7.13. The number of anilines is 2. The van der Waals surface area contributed by atoms with E-state index in [0.717, 1.165) is 36.7 Å². The van der Waals surface area contributed by atoms with Crippen LogP contribution >= 0.6 is 0 Å². The van der Waals surface area contributed by atoms with Gasteiger partial charge < -0.3 is 10.6 Å². The fraction of sp³-hybridized carbons (Fsp3) is 0.714. The van der Waals surface area contributed by atoms with Gasteiger partial charge in [0.05, 0.1) is 0 Å². The Morgan fingerprint density at radius 1 is 1.39 bits per heavy atom. The van der Waals surface area contributed by atoms with Gasteiger partial charge in [-0.25, -0.2) is 9.97 Å². The van der Waals surface area contributed by atoms with Crippen molar-refractivity contribution < 1.29 is 0 Å². The molecule has 0 saturated heterocycles. The van der Waals surface area contributed by atoms with Crippen molar-refractivity contribution in [1.82, 2.24) is 9.97 Å². The number of nitrogens with two attached hydrogens (primary N) is 1. The first kappa shape index (κ1) is 13.1. The van der Waals surface area contributed by atoms with E-state index < -0.39 is 0 Å². The van der Waals surface area contributed by atoms with Crippen LogP contribution in [-0.4, -0.2) is 22.6 Å². The van der Waals surface area contributed by atoms with E-state index in [-0.39, 0.29) is 0 Å². The Kier molecular flexibility index (Phi) is 4.04. The minimum atomic E-state index is 0.454. The Morgan fingerprint density at radius 2 is 2.11 bits per heavy atom. The highest BCUT2D eigenvalue weighted by molar-refractivity contribution is 5.57. The van der Waals surface area contributed by atoms with Crippen molar-refractivity contribution in [2.75, 3.05) is 17.2 Å². The van der Waals surface area contributed by atoms with Crippen LogP contribution in [-0.2, 0) is 6.42 Å². The number of aromatic nitrogens is 2. The summed E-state index contributed by atoms with van der Waals surface area (Å²) in [6.07, 6.45) is 6.32. The summed E-state index contributed by atoms with van der Waals surface area (Å²) in [4.78, 5) is 11.0. The number of hydrogen-bond donors (Lipinski definition) is 1. The maximum absolute atomic E-state index is 6.01. The Hall–Kier alpha value is -1.32. The molecule has 1 aromatic heterocycles. The van der Waals surface area contributed by atoms with Gasteiger partial charge in [-0.05, 0) is 39.0 Å². The Morgan fingerprint density at radius 3 is 2.67 bits per heavy atom. The van der Waals surface area contributed by atoms with Gasteiger partial charge in [-0.15, -0.1) is 0 Å². The van der Waals surface area contributed by atoms with E-state index in [9.17, 15) is 0 Å². The zero-order valence-electron chi connectivity index (χ0n) is 11.7. The molecule has 2 rings (SSSR count). The zero-order valence-corrected chi connectivity index (χ0v) is 11.7. The van der Waals surface area contributed by atoms with Crippen LogP contribution in [0.2, 0.25) is 0 Å². The predicted octanol–water partition coefficient (Wildman–Crippen LogP) is 2.64. The van der Waals surface area contributed by atoms with Gasteiger partial charge in [-0.2, -0.15) is 0 Å². The number of nitrogens with zero attached hydrogens (tertiary/aromatic N) is 3. The highest BCUT2D eigenvalue weighted by Crippen LogP contribution is 2.33. The third-order valence-corrected chi connectivity index (χ3v) is 3.50. The molecule has 1 aliphatic rings. The van der Waals surface area contributed by atoms with E-state index >= 15 is 0 Å². The van der Waals surface area contributed by atoms with Gasteiger partial charge in [0, 0.05) is 18.2 Å². The smallest absolute Gasteiger partial charge is 0.137 e. The average molecular weight is 248 g/mol. The molecule has 4 nitrogen and oxygen atoms in total. The van der Waals surface area contributed by atoms with Crippen LogP contribution in [0.15, 0.2) is 6.33 Å². The summed E-state index contributed by atoms with van der Waals surface area (Å²) in [6, 6.07) is 0.454. The summed E-state index contributed by atoms with van der Waals surface area (Å²) in [5.74, 6) is 2.53. The molecule has 0 spiro atoms. The molecule has 0 aliphatic heterocycles. The summed E-state index contributed by atoms with van der Waals surface area (Å²) < 4.78 is 0. The molecule has 100 valence electrons. The zero-order chi connectivity index (χ0) is 13.1. The van der Waals surface area contributed by atoms with Crippen molar-refractivity contribution >= 4 is 11.6 Å². The Labute approximate surface area is 110 Å². The second-order valence-corrected chi connectivity index (χ2v) is 5.50. The van der Waals surface area contributed by atoms with Gasteiger partial charge >= 0.3 is 0 Å². The van der Waals surface area contributed by atoms with E-state index in [1.807, 2.05) is 0 Å². The van der Waals surface area contributed by atoms with Crippen molar-refractivity contribution in [3.8, 4) is 0 Å². The van der Waals surface area contributed by atoms with Crippen LogP contribution in [0.3, 0.4) is 0 Å². The highest BCUT2D eigenvalue weighted by Gasteiger charge is 2.27. The van der Waals surface area contributed by atoms with Crippen LogP contribution in [0.25, 0.3) is 0 Å². The van der Waals surface area contributed by atoms with E-state index in [2.05, 4.69) is 35.6 Å². The maximum Gasteiger partial charge on any atom is 0.137 e. The van der Waals surface area contributed by atoms with Gasteiger partial charge in [0.1, 0.15) is 18.0 Å². The third-order valence-electron chi connectivity index (χ3n) is 3.50. The lowest BCUT2D eigenvalue weighted by Gasteiger charge is -2.30. The summed E-state index contributed by atoms with van der Waals surface area (Å²) in [5, 5.41) is 0. The van der Waals surface area contributed by atoms with Crippen LogP contribution in [0.4, 0.5) is 11.6 Å². The molecule has 1 fully saturated rings. The van der Waals surface area contributed by atoms with Crippen molar-refractivity contribution in [2.24, 2.45) is 5.92 Å². The minimum absolute atomic E-state index is 0.454. The molecule has 0 atom stereocenters. The van der Waals surface area contributed by atoms with Gasteiger partial charge in [-0.1, -0.05) is 13.3 Å². The topological polar surface area (TPSA) is 55.0 Å². The first-order valence-corrected chi connectivity index (χ1v) is 6.99. The van der Waals surface area contributed by atoms with Crippen LogP contribution in [0, 0.1) is 5.92 Å². The lowest BCUT2D eigenvalue weighted by molar-refractivity contribution is 0.631. The second kappa shape index (κ2) is 5.55. The molecule has 0 unspecified atom stereocenters. The third kappa shape index (κ3) is 2.92. The van der Waals surface area contributed by atoms with Gasteiger partial charge in [0.25, 0.3) is 0 Å². The van der Waals surface area contributed by atoms with E-state index in [0.29, 0.717) is 11.9 Å². The Balaban J connectivity index is 2.29. The summed E-state index contributed by atoms with van der Waals surface area (Å²) in [6.45, 7) is 7.70. The summed E-state index contributed by atoms with van der Waals surface area (Å²) in [7, 11) is 0. The average Bonchev–Trinajstić information content (AvgIpc) is 3.13. The van der Waals surface area contributed by atoms with Gasteiger partial charge in [0.15, 0.2) is 0 Å². The normalized spacial score (nSPS) is 15.1. The number of nitrogen functional groups attached to an aromatic ring is 1. The van der Waals surface area contributed by atoms with Crippen LogP contribution in [0.1, 0.15) is 45.6 Å². The monoisotopic (exact) mass is 248 g/mol.